The van der Waals surface area contributed by atoms with E-state index in [4.69, 9.17) is 21.3 Å². The molecule has 3 aromatic heterocycles. The summed E-state index contributed by atoms with van der Waals surface area (Å²) in [5, 5.41) is 11.7. The summed E-state index contributed by atoms with van der Waals surface area (Å²) in [5.74, 6) is 1.90. The van der Waals surface area contributed by atoms with Crippen molar-refractivity contribution in [2.75, 3.05) is 5.32 Å². The van der Waals surface area contributed by atoms with Gasteiger partial charge in [0.15, 0.2) is 0 Å². The SMILES string of the molecule is CCC(Nc1nc2ccc(Cc3cc(C(C)C)n[nH]3)cc2n1C)c1ccc(Oc2ncc(Cl)cn2)cc1. The normalized spacial score (nSPS) is 12.3. The van der Waals surface area contributed by atoms with Gasteiger partial charge in [0.1, 0.15) is 5.75 Å². The van der Waals surface area contributed by atoms with Crippen LogP contribution in [0.4, 0.5) is 5.95 Å². The average Bonchev–Trinajstić information content (AvgIpc) is 3.49. The Kier molecular flexibility index (Phi) is 7.10. The van der Waals surface area contributed by atoms with Gasteiger partial charge in [-0.05, 0) is 53.8 Å². The summed E-state index contributed by atoms with van der Waals surface area (Å²) in [6, 6.07) is 16.8. The molecule has 5 rings (SSSR count). The first-order valence-electron chi connectivity index (χ1n) is 12.4. The number of fused-ring (bicyclic) bond motifs is 1. The van der Waals surface area contributed by atoms with Gasteiger partial charge in [0.2, 0.25) is 5.95 Å². The molecule has 0 spiro atoms. The maximum absolute atomic E-state index is 5.84. The zero-order chi connectivity index (χ0) is 25.9. The van der Waals surface area contributed by atoms with Crippen LogP contribution in [0.3, 0.4) is 0 Å². The van der Waals surface area contributed by atoms with Crippen LogP contribution in [0.2, 0.25) is 5.02 Å². The van der Waals surface area contributed by atoms with Gasteiger partial charge in [-0.3, -0.25) is 5.10 Å². The predicted molar refractivity (Wildman–Crippen MR) is 146 cm³/mol. The maximum atomic E-state index is 5.84. The van der Waals surface area contributed by atoms with E-state index >= 15 is 0 Å². The van der Waals surface area contributed by atoms with Crippen LogP contribution in [0.15, 0.2) is 60.9 Å². The molecule has 0 aliphatic heterocycles. The lowest BCUT2D eigenvalue weighted by molar-refractivity contribution is 0.441. The van der Waals surface area contributed by atoms with Gasteiger partial charge in [0.05, 0.1) is 40.2 Å². The number of imidazole rings is 1. The van der Waals surface area contributed by atoms with Gasteiger partial charge < -0.3 is 14.6 Å². The quantitative estimate of drug-likeness (QED) is 0.224. The van der Waals surface area contributed by atoms with Gasteiger partial charge >= 0.3 is 6.01 Å². The summed E-state index contributed by atoms with van der Waals surface area (Å²) < 4.78 is 7.84. The second-order valence-corrected chi connectivity index (χ2v) is 9.86. The van der Waals surface area contributed by atoms with E-state index in [0.717, 1.165) is 46.8 Å². The van der Waals surface area contributed by atoms with Crippen molar-refractivity contribution in [1.29, 1.82) is 0 Å². The van der Waals surface area contributed by atoms with E-state index in [1.807, 2.05) is 31.3 Å². The first-order chi connectivity index (χ1) is 17.9. The fraction of sp³-hybridized carbons (Fsp3) is 0.286. The van der Waals surface area contributed by atoms with Crippen molar-refractivity contribution >= 4 is 28.6 Å². The Balaban J connectivity index is 1.30. The molecule has 1 atom stereocenters. The van der Waals surface area contributed by atoms with Crippen molar-refractivity contribution in [3.05, 3.63) is 88.5 Å². The van der Waals surface area contributed by atoms with Gasteiger partial charge in [0, 0.05) is 19.2 Å². The van der Waals surface area contributed by atoms with Gasteiger partial charge in [-0.25, -0.2) is 15.0 Å². The first-order valence-corrected chi connectivity index (χ1v) is 12.8. The molecular weight excluding hydrogens is 486 g/mol. The van der Waals surface area contributed by atoms with Gasteiger partial charge in [-0.2, -0.15) is 5.10 Å². The van der Waals surface area contributed by atoms with Gasteiger partial charge in [-0.15, -0.1) is 0 Å². The highest BCUT2D eigenvalue weighted by Crippen LogP contribution is 2.28. The van der Waals surface area contributed by atoms with Crippen LogP contribution in [-0.2, 0) is 13.5 Å². The van der Waals surface area contributed by atoms with Crippen LogP contribution in [0, 0.1) is 0 Å². The number of hydrogen-bond acceptors (Lipinski definition) is 6. The van der Waals surface area contributed by atoms with Crippen LogP contribution < -0.4 is 10.1 Å². The van der Waals surface area contributed by atoms with Crippen LogP contribution in [0.25, 0.3) is 11.0 Å². The summed E-state index contributed by atoms with van der Waals surface area (Å²) >= 11 is 5.84. The molecule has 0 radical (unpaired) electrons. The van der Waals surface area contributed by atoms with Crippen LogP contribution in [0.5, 0.6) is 11.8 Å². The average molecular weight is 516 g/mol. The number of aromatic amines is 1. The molecule has 9 heteroatoms. The minimum atomic E-state index is 0.0928. The molecule has 37 heavy (non-hydrogen) atoms. The predicted octanol–water partition coefficient (Wildman–Crippen LogP) is 6.81. The Morgan fingerprint density at radius 2 is 1.81 bits per heavy atom. The Labute approximate surface area is 221 Å². The molecule has 190 valence electrons. The lowest BCUT2D eigenvalue weighted by Gasteiger charge is -2.18. The molecule has 0 saturated carbocycles. The first kappa shape index (κ1) is 24.8. The summed E-state index contributed by atoms with van der Waals surface area (Å²) in [6.45, 7) is 6.46. The van der Waals surface area contributed by atoms with Crippen molar-refractivity contribution in [2.24, 2.45) is 7.05 Å². The number of nitrogens with one attached hydrogen (secondary N) is 2. The minimum absolute atomic E-state index is 0.0928. The van der Waals surface area contributed by atoms with Crippen molar-refractivity contribution < 1.29 is 4.74 Å². The summed E-state index contributed by atoms with van der Waals surface area (Å²) in [7, 11) is 2.05. The van der Waals surface area contributed by atoms with Crippen LogP contribution >= 0.6 is 11.6 Å². The highest BCUT2D eigenvalue weighted by atomic mass is 35.5. The molecule has 0 saturated heterocycles. The van der Waals surface area contributed by atoms with Crippen molar-refractivity contribution in [3.8, 4) is 11.8 Å². The number of halogens is 1. The zero-order valence-electron chi connectivity index (χ0n) is 21.4. The fourth-order valence-corrected chi connectivity index (χ4v) is 4.36. The van der Waals surface area contributed by atoms with Crippen LogP contribution in [0.1, 0.15) is 61.7 Å². The van der Waals surface area contributed by atoms with E-state index in [9.17, 15) is 0 Å². The number of hydrogen-bond donors (Lipinski definition) is 2. The Morgan fingerprint density at radius 3 is 2.49 bits per heavy atom. The molecule has 5 aromatic rings. The van der Waals surface area contributed by atoms with Crippen molar-refractivity contribution in [2.45, 2.75) is 45.6 Å². The highest BCUT2D eigenvalue weighted by molar-refractivity contribution is 6.30. The molecule has 0 bridgehead atoms. The Morgan fingerprint density at radius 1 is 1.05 bits per heavy atom. The topological polar surface area (TPSA) is 93.5 Å². The summed E-state index contributed by atoms with van der Waals surface area (Å²) in [5.41, 5.74) is 6.61. The molecule has 0 fully saturated rings. The third-order valence-corrected chi connectivity index (χ3v) is 6.58. The monoisotopic (exact) mass is 515 g/mol. The smallest absolute Gasteiger partial charge is 0.321 e. The second kappa shape index (κ2) is 10.6. The fourth-order valence-electron chi connectivity index (χ4n) is 4.26. The lowest BCUT2D eigenvalue weighted by atomic mass is 10.0. The number of rotatable bonds is 9. The van der Waals surface area contributed by atoms with Crippen molar-refractivity contribution in [1.82, 2.24) is 29.7 Å². The number of aryl methyl sites for hydroxylation is 1. The molecule has 3 heterocycles. The molecule has 0 aliphatic rings. The zero-order valence-corrected chi connectivity index (χ0v) is 22.1. The van der Waals surface area contributed by atoms with E-state index in [2.05, 4.69) is 75.1 Å². The van der Waals surface area contributed by atoms with E-state index < -0.39 is 0 Å². The van der Waals surface area contributed by atoms with Gasteiger partial charge in [0.25, 0.3) is 0 Å². The Bertz CT molecular complexity index is 1490. The number of ether oxygens (including phenoxy) is 1. The van der Waals surface area contributed by atoms with Gasteiger partial charge in [-0.1, -0.05) is 50.6 Å². The largest absolute Gasteiger partial charge is 0.424 e. The maximum Gasteiger partial charge on any atom is 0.321 e. The standard InChI is InChI=1S/C28H30ClN7O/c1-5-23(19-7-9-22(10-8-19)37-28-30-15-20(29)16-31-28)32-27-33-24-11-6-18(13-26(24)36(27)4)12-21-14-25(17(2)3)35-34-21/h6-11,13-17,23H,5,12H2,1-4H3,(H,32,33)(H,34,35). The summed E-state index contributed by atoms with van der Waals surface area (Å²) in [4.78, 5) is 13.0. The minimum Gasteiger partial charge on any atom is -0.424 e. The van der Waals surface area contributed by atoms with E-state index in [1.54, 1.807) is 0 Å². The molecule has 0 amide bonds. The van der Waals surface area contributed by atoms with E-state index in [-0.39, 0.29) is 12.1 Å². The lowest BCUT2D eigenvalue weighted by Crippen LogP contribution is -2.12. The number of aromatic nitrogens is 6. The molecule has 1 unspecified atom stereocenters. The van der Waals surface area contributed by atoms with E-state index in [1.165, 1.54) is 18.0 Å². The molecule has 2 aromatic carbocycles. The van der Waals surface area contributed by atoms with Crippen molar-refractivity contribution in [3.63, 3.8) is 0 Å². The molecule has 0 aliphatic carbocycles. The number of nitrogens with zero attached hydrogens (tertiary/aromatic N) is 5. The third-order valence-electron chi connectivity index (χ3n) is 6.38. The summed E-state index contributed by atoms with van der Waals surface area (Å²) in [6.07, 6.45) is 4.72. The molecule has 8 nitrogen and oxygen atoms in total. The molecule has 2 N–H and O–H groups in total. The molecular formula is C28H30ClN7O. The second-order valence-electron chi connectivity index (χ2n) is 9.43. The van der Waals surface area contributed by atoms with E-state index in [0.29, 0.717) is 16.7 Å². The number of benzene rings is 2. The van der Waals surface area contributed by atoms with Crippen LogP contribution in [-0.4, -0.2) is 29.7 Å². The third kappa shape index (κ3) is 5.59. The number of H-pyrrole nitrogens is 1. The highest BCUT2D eigenvalue weighted by Gasteiger charge is 2.15. The Hall–Kier alpha value is -3.91. The number of anilines is 1.